The number of hydrogen-bond acceptors (Lipinski definition) is 3. The molecule has 3 rings (SSSR count). The molecule has 23 heavy (non-hydrogen) atoms. The number of likely N-dealkylation sites (tertiary alicyclic amines) is 1. The zero-order valence-corrected chi connectivity index (χ0v) is 13.6. The second-order valence-electron chi connectivity index (χ2n) is 6.09. The number of piperidine rings is 1. The average Bonchev–Trinajstić information content (AvgIpc) is 2.63. The fourth-order valence-corrected chi connectivity index (χ4v) is 3.07. The van der Waals surface area contributed by atoms with E-state index in [-0.39, 0.29) is 5.78 Å². The van der Waals surface area contributed by atoms with Gasteiger partial charge in [0.05, 0.1) is 7.11 Å². The van der Waals surface area contributed by atoms with E-state index in [0.29, 0.717) is 11.3 Å². The van der Waals surface area contributed by atoms with Crippen molar-refractivity contribution in [1.29, 1.82) is 0 Å². The molecule has 0 unspecified atom stereocenters. The normalized spacial score (nSPS) is 15.3. The van der Waals surface area contributed by atoms with Crippen molar-refractivity contribution in [3.8, 4) is 5.75 Å². The van der Waals surface area contributed by atoms with E-state index in [1.54, 1.807) is 13.2 Å². The van der Waals surface area contributed by atoms with Crippen LogP contribution in [0.3, 0.4) is 0 Å². The third kappa shape index (κ3) is 3.99. The number of ether oxygens (including phenoxy) is 1. The summed E-state index contributed by atoms with van der Waals surface area (Å²) in [7, 11) is 1.61. The molecule has 1 saturated heterocycles. The molecular weight excluding hydrogens is 286 g/mol. The lowest BCUT2D eigenvalue weighted by Crippen LogP contribution is -2.29. The zero-order chi connectivity index (χ0) is 16.1. The van der Waals surface area contributed by atoms with Gasteiger partial charge in [0.15, 0.2) is 5.78 Å². The Morgan fingerprint density at radius 1 is 1.00 bits per heavy atom. The van der Waals surface area contributed by atoms with Crippen LogP contribution >= 0.6 is 0 Å². The van der Waals surface area contributed by atoms with E-state index in [2.05, 4.69) is 17.0 Å². The standard InChI is InChI=1S/C20H23NO2/c1-23-19-7-5-6-18(14-19)20(22)17-10-8-16(9-11-17)15-21-12-3-2-4-13-21/h5-11,14H,2-4,12-13,15H2,1H3. The van der Waals surface area contributed by atoms with E-state index < -0.39 is 0 Å². The number of carbonyl (C=O) groups is 1. The second-order valence-corrected chi connectivity index (χ2v) is 6.09. The first kappa shape index (κ1) is 15.8. The summed E-state index contributed by atoms with van der Waals surface area (Å²) in [6.07, 6.45) is 3.95. The van der Waals surface area contributed by atoms with Gasteiger partial charge in [-0.05, 0) is 43.6 Å². The first-order valence-corrected chi connectivity index (χ1v) is 8.26. The molecule has 0 radical (unpaired) electrons. The summed E-state index contributed by atoms with van der Waals surface area (Å²) in [5.41, 5.74) is 2.66. The van der Waals surface area contributed by atoms with Gasteiger partial charge in [0.2, 0.25) is 0 Å². The van der Waals surface area contributed by atoms with Crippen molar-refractivity contribution in [2.24, 2.45) is 0 Å². The van der Waals surface area contributed by atoms with Crippen LogP contribution in [0.1, 0.15) is 40.7 Å². The average molecular weight is 309 g/mol. The molecule has 0 aliphatic carbocycles. The maximum atomic E-state index is 12.5. The highest BCUT2D eigenvalue weighted by Gasteiger charge is 2.12. The number of hydrogen-bond donors (Lipinski definition) is 0. The summed E-state index contributed by atoms with van der Waals surface area (Å²) in [4.78, 5) is 15.0. The highest BCUT2D eigenvalue weighted by atomic mass is 16.5. The Morgan fingerprint density at radius 3 is 2.43 bits per heavy atom. The summed E-state index contributed by atoms with van der Waals surface area (Å²) in [6, 6.07) is 15.3. The van der Waals surface area contributed by atoms with Crippen LogP contribution in [-0.4, -0.2) is 30.9 Å². The van der Waals surface area contributed by atoms with E-state index in [1.807, 2.05) is 30.3 Å². The van der Waals surface area contributed by atoms with Crippen molar-refractivity contribution in [3.63, 3.8) is 0 Å². The molecule has 2 aromatic carbocycles. The molecule has 0 bridgehead atoms. The molecule has 2 aromatic rings. The Labute approximate surface area is 137 Å². The second kappa shape index (κ2) is 7.42. The number of nitrogens with zero attached hydrogens (tertiary/aromatic N) is 1. The minimum absolute atomic E-state index is 0.0356. The highest BCUT2D eigenvalue weighted by Crippen LogP contribution is 2.18. The third-order valence-corrected chi connectivity index (χ3v) is 4.40. The molecule has 0 saturated carbocycles. The summed E-state index contributed by atoms with van der Waals surface area (Å²) in [5, 5.41) is 0. The van der Waals surface area contributed by atoms with Crippen LogP contribution in [0.25, 0.3) is 0 Å². The molecule has 1 aliphatic heterocycles. The van der Waals surface area contributed by atoms with Gasteiger partial charge in [-0.1, -0.05) is 42.8 Å². The Balaban J connectivity index is 1.69. The molecule has 3 nitrogen and oxygen atoms in total. The van der Waals surface area contributed by atoms with Gasteiger partial charge in [-0.2, -0.15) is 0 Å². The molecule has 0 aromatic heterocycles. The van der Waals surface area contributed by atoms with Crippen LogP contribution < -0.4 is 4.74 Å². The van der Waals surface area contributed by atoms with Crippen LogP contribution in [0.5, 0.6) is 5.75 Å². The van der Waals surface area contributed by atoms with Crippen molar-refractivity contribution >= 4 is 5.78 Å². The first-order valence-electron chi connectivity index (χ1n) is 8.26. The van der Waals surface area contributed by atoms with E-state index in [4.69, 9.17) is 4.74 Å². The van der Waals surface area contributed by atoms with Crippen LogP contribution in [0.15, 0.2) is 48.5 Å². The quantitative estimate of drug-likeness (QED) is 0.784. The molecule has 1 heterocycles. The van der Waals surface area contributed by atoms with Crippen molar-refractivity contribution < 1.29 is 9.53 Å². The molecule has 0 spiro atoms. The first-order chi connectivity index (χ1) is 11.3. The molecular formula is C20H23NO2. The van der Waals surface area contributed by atoms with Gasteiger partial charge in [-0.25, -0.2) is 0 Å². The lowest BCUT2D eigenvalue weighted by molar-refractivity contribution is 0.103. The predicted molar refractivity (Wildman–Crippen MR) is 92.0 cm³/mol. The molecule has 0 amide bonds. The highest BCUT2D eigenvalue weighted by molar-refractivity contribution is 6.09. The van der Waals surface area contributed by atoms with Crippen molar-refractivity contribution in [1.82, 2.24) is 4.90 Å². The molecule has 120 valence electrons. The summed E-state index contributed by atoms with van der Waals surface area (Å²) in [5.74, 6) is 0.742. The summed E-state index contributed by atoms with van der Waals surface area (Å²) in [6.45, 7) is 3.35. The topological polar surface area (TPSA) is 29.5 Å². The van der Waals surface area contributed by atoms with Crippen molar-refractivity contribution in [2.75, 3.05) is 20.2 Å². The maximum Gasteiger partial charge on any atom is 0.193 e. The van der Waals surface area contributed by atoms with Crippen LogP contribution in [0, 0.1) is 0 Å². The Kier molecular flexibility index (Phi) is 5.09. The minimum atomic E-state index is 0.0356. The SMILES string of the molecule is COc1cccc(C(=O)c2ccc(CN3CCCCC3)cc2)c1. The fraction of sp³-hybridized carbons (Fsp3) is 0.350. The van der Waals surface area contributed by atoms with Gasteiger partial charge in [0.25, 0.3) is 0 Å². The minimum Gasteiger partial charge on any atom is -0.497 e. The monoisotopic (exact) mass is 309 g/mol. The molecule has 1 fully saturated rings. The summed E-state index contributed by atoms with van der Waals surface area (Å²) >= 11 is 0. The van der Waals surface area contributed by atoms with Crippen LogP contribution in [-0.2, 0) is 6.54 Å². The molecule has 0 N–H and O–H groups in total. The molecule has 3 heteroatoms. The smallest absolute Gasteiger partial charge is 0.193 e. The van der Waals surface area contributed by atoms with Gasteiger partial charge in [-0.3, -0.25) is 9.69 Å². The maximum absolute atomic E-state index is 12.5. The van der Waals surface area contributed by atoms with Gasteiger partial charge >= 0.3 is 0 Å². The van der Waals surface area contributed by atoms with E-state index in [1.165, 1.54) is 37.9 Å². The Bertz CT molecular complexity index is 658. The lowest BCUT2D eigenvalue weighted by atomic mass is 10.0. The van der Waals surface area contributed by atoms with Gasteiger partial charge in [0, 0.05) is 17.7 Å². The Morgan fingerprint density at radius 2 is 1.74 bits per heavy atom. The fourth-order valence-electron chi connectivity index (χ4n) is 3.07. The van der Waals surface area contributed by atoms with Gasteiger partial charge in [0.1, 0.15) is 5.75 Å². The summed E-state index contributed by atoms with van der Waals surface area (Å²) < 4.78 is 5.19. The number of rotatable bonds is 5. The predicted octanol–water partition coefficient (Wildman–Crippen LogP) is 3.91. The third-order valence-electron chi connectivity index (χ3n) is 4.40. The van der Waals surface area contributed by atoms with Crippen molar-refractivity contribution in [3.05, 3.63) is 65.2 Å². The van der Waals surface area contributed by atoms with E-state index in [9.17, 15) is 4.79 Å². The number of benzene rings is 2. The van der Waals surface area contributed by atoms with Crippen molar-refractivity contribution in [2.45, 2.75) is 25.8 Å². The molecule has 0 atom stereocenters. The van der Waals surface area contributed by atoms with Crippen LogP contribution in [0.4, 0.5) is 0 Å². The van der Waals surface area contributed by atoms with E-state index in [0.717, 1.165) is 12.1 Å². The van der Waals surface area contributed by atoms with E-state index >= 15 is 0 Å². The van der Waals surface area contributed by atoms with Crippen LogP contribution in [0.2, 0.25) is 0 Å². The zero-order valence-electron chi connectivity index (χ0n) is 13.6. The van der Waals surface area contributed by atoms with Gasteiger partial charge in [-0.15, -0.1) is 0 Å². The molecule has 1 aliphatic rings. The van der Waals surface area contributed by atoms with Gasteiger partial charge < -0.3 is 4.74 Å². The number of ketones is 1. The lowest BCUT2D eigenvalue weighted by Gasteiger charge is -2.26. The number of carbonyl (C=O) groups excluding carboxylic acids is 1. The largest absolute Gasteiger partial charge is 0.497 e. The Hall–Kier alpha value is -2.13. The number of methoxy groups -OCH3 is 1.